The largest absolute Gasteiger partial charge is 0.416 e. The van der Waals surface area contributed by atoms with Crippen LogP contribution in [0.25, 0.3) is 0 Å². The maximum atomic E-state index is 12.3. The Morgan fingerprint density at radius 2 is 1.95 bits per heavy atom. The summed E-state index contributed by atoms with van der Waals surface area (Å²) >= 11 is 0. The van der Waals surface area contributed by atoms with Crippen molar-refractivity contribution in [1.29, 1.82) is 0 Å². The Labute approximate surface area is 121 Å². The van der Waals surface area contributed by atoms with Gasteiger partial charge in [-0.3, -0.25) is 9.48 Å². The standard InChI is InChI=1S/C13H20F3N3O2/c1-12(2,3)9-6-8(19(5)17-9)11(21)18(4)7-10(20)13(14,15)16/h6,10,20H,7H2,1-5H3. The number of aromatic nitrogens is 2. The first kappa shape index (κ1) is 17.5. The molecule has 1 aromatic heterocycles. The maximum absolute atomic E-state index is 12.3. The highest BCUT2D eigenvalue weighted by molar-refractivity contribution is 5.92. The van der Waals surface area contributed by atoms with Crippen LogP contribution in [-0.2, 0) is 12.5 Å². The summed E-state index contributed by atoms with van der Waals surface area (Å²) in [6, 6.07) is 1.55. The molecule has 0 bridgehead atoms. The number of nitrogens with zero attached hydrogens (tertiary/aromatic N) is 3. The minimum Gasteiger partial charge on any atom is -0.382 e. The van der Waals surface area contributed by atoms with Crippen LogP contribution in [0.1, 0.15) is 37.0 Å². The first-order valence-corrected chi connectivity index (χ1v) is 6.39. The highest BCUT2D eigenvalue weighted by atomic mass is 19.4. The second kappa shape index (κ2) is 5.67. The molecule has 120 valence electrons. The minimum atomic E-state index is -4.75. The molecular weight excluding hydrogens is 287 g/mol. The Morgan fingerprint density at radius 1 is 1.43 bits per heavy atom. The van der Waals surface area contributed by atoms with Crippen LogP contribution in [0, 0.1) is 0 Å². The summed E-state index contributed by atoms with van der Waals surface area (Å²) in [5.74, 6) is -0.621. The number of alkyl halides is 3. The van der Waals surface area contributed by atoms with Crippen molar-refractivity contribution in [3.8, 4) is 0 Å². The van der Waals surface area contributed by atoms with Gasteiger partial charge in [0.05, 0.1) is 12.2 Å². The topological polar surface area (TPSA) is 58.4 Å². The average Bonchev–Trinajstić information content (AvgIpc) is 2.68. The van der Waals surface area contributed by atoms with Gasteiger partial charge in [0.2, 0.25) is 0 Å². The SMILES string of the molecule is CN(CC(O)C(F)(F)F)C(=O)c1cc(C(C)(C)C)nn1C. The third-order valence-electron chi connectivity index (χ3n) is 3.04. The van der Waals surface area contributed by atoms with Gasteiger partial charge in [0.25, 0.3) is 5.91 Å². The molecule has 1 atom stereocenters. The predicted octanol–water partition coefficient (Wildman–Crippen LogP) is 1.71. The molecule has 0 radical (unpaired) electrons. The van der Waals surface area contributed by atoms with E-state index in [0.717, 1.165) is 4.90 Å². The number of hydrogen-bond donors (Lipinski definition) is 1. The minimum absolute atomic E-state index is 0.178. The van der Waals surface area contributed by atoms with Crippen molar-refractivity contribution in [2.24, 2.45) is 7.05 Å². The molecule has 21 heavy (non-hydrogen) atoms. The van der Waals surface area contributed by atoms with Crippen molar-refractivity contribution < 1.29 is 23.1 Å². The molecule has 1 unspecified atom stereocenters. The fourth-order valence-electron chi connectivity index (χ4n) is 1.68. The zero-order chi connectivity index (χ0) is 16.6. The van der Waals surface area contributed by atoms with Gasteiger partial charge in [-0.25, -0.2) is 0 Å². The molecule has 0 aliphatic heterocycles. The van der Waals surface area contributed by atoms with E-state index >= 15 is 0 Å². The Balaban J connectivity index is 2.91. The summed E-state index contributed by atoms with van der Waals surface area (Å²) in [5, 5.41) is 13.2. The maximum Gasteiger partial charge on any atom is 0.416 e. The van der Waals surface area contributed by atoms with Crippen LogP contribution in [0.3, 0.4) is 0 Å². The van der Waals surface area contributed by atoms with E-state index in [1.54, 1.807) is 13.1 Å². The lowest BCUT2D eigenvalue weighted by Gasteiger charge is -2.22. The van der Waals surface area contributed by atoms with E-state index in [0.29, 0.717) is 5.69 Å². The zero-order valence-electron chi connectivity index (χ0n) is 12.7. The zero-order valence-corrected chi connectivity index (χ0v) is 12.7. The molecule has 5 nitrogen and oxygen atoms in total. The number of hydrogen-bond acceptors (Lipinski definition) is 3. The van der Waals surface area contributed by atoms with Crippen molar-refractivity contribution >= 4 is 5.91 Å². The third kappa shape index (κ3) is 4.20. The molecule has 0 saturated heterocycles. The first-order valence-electron chi connectivity index (χ1n) is 6.39. The van der Waals surface area contributed by atoms with Gasteiger partial charge in [-0.05, 0) is 6.07 Å². The molecule has 0 aliphatic rings. The summed E-state index contributed by atoms with van der Waals surface area (Å²) in [5.41, 5.74) is 0.565. The lowest BCUT2D eigenvalue weighted by molar-refractivity contribution is -0.205. The molecule has 0 fully saturated rings. The van der Waals surface area contributed by atoms with Crippen molar-refractivity contribution in [1.82, 2.24) is 14.7 Å². The number of likely N-dealkylation sites (N-methyl/N-ethyl adjacent to an activating group) is 1. The summed E-state index contributed by atoms with van der Waals surface area (Å²) in [6.45, 7) is 4.93. The van der Waals surface area contributed by atoms with Crippen LogP contribution < -0.4 is 0 Å². The van der Waals surface area contributed by atoms with Gasteiger partial charge < -0.3 is 10.0 Å². The second-order valence-electron chi connectivity index (χ2n) is 6.03. The molecule has 1 N–H and O–H groups in total. The van der Waals surface area contributed by atoms with Gasteiger partial charge in [-0.2, -0.15) is 18.3 Å². The molecule has 0 aliphatic carbocycles. The highest BCUT2D eigenvalue weighted by Crippen LogP contribution is 2.23. The van der Waals surface area contributed by atoms with E-state index in [9.17, 15) is 18.0 Å². The number of aliphatic hydroxyl groups is 1. The molecule has 8 heteroatoms. The molecule has 0 aromatic carbocycles. The number of aryl methyl sites for hydroxylation is 1. The predicted molar refractivity (Wildman–Crippen MR) is 70.9 cm³/mol. The Kier molecular flexibility index (Phi) is 4.72. The summed E-state index contributed by atoms with van der Waals surface area (Å²) in [4.78, 5) is 13.0. The van der Waals surface area contributed by atoms with E-state index in [2.05, 4.69) is 5.10 Å². The number of carbonyl (C=O) groups excluding carboxylic acids is 1. The van der Waals surface area contributed by atoms with Crippen molar-refractivity contribution in [2.45, 2.75) is 38.5 Å². The fraction of sp³-hybridized carbons (Fsp3) is 0.692. The van der Waals surface area contributed by atoms with Crippen LogP contribution in [0.4, 0.5) is 13.2 Å². The van der Waals surface area contributed by atoms with Crippen LogP contribution >= 0.6 is 0 Å². The first-order chi connectivity index (χ1) is 9.34. The van der Waals surface area contributed by atoms with Crippen LogP contribution in [0.15, 0.2) is 6.07 Å². The highest BCUT2D eigenvalue weighted by Gasteiger charge is 2.39. The van der Waals surface area contributed by atoms with Crippen molar-refractivity contribution in [2.75, 3.05) is 13.6 Å². The van der Waals surface area contributed by atoms with E-state index in [-0.39, 0.29) is 11.1 Å². The quantitative estimate of drug-likeness (QED) is 0.925. The van der Waals surface area contributed by atoms with E-state index in [1.165, 1.54) is 11.7 Å². The summed E-state index contributed by atoms with van der Waals surface area (Å²) in [7, 11) is 2.76. The lowest BCUT2D eigenvalue weighted by Crippen LogP contribution is -2.42. The van der Waals surface area contributed by atoms with Gasteiger partial charge in [0.15, 0.2) is 6.10 Å². The second-order valence-corrected chi connectivity index (χ2v) is 6.03. The third-order valence-corrected chi connectivity index (χ3v) is 3.04. The van der Waals surface area contributed by atoms with Gasteiger partial charge in [0.1, 0.15) is 5.69 Å². The van der Waals surface area contributed by atoms with Gasteiger partial charge in [-0.15, -0.1) is 0 Å². The number of amides is 1. The Hall–Kier alpha value is -1.57. The smallest absolute Gasteiger partial charge is 0.382 e. The lowest BCUT2D eigenvalue weighted by atomic mass is 9.92. The van der Waals surface area contributed by atoms with Crippen molar-refractivity contribution in [3.05, 3.63) is 17.5 Å². The van der Waals surface area contributed by atoms with Crippen LogP contribution in [0.2, 0.25) is 0 Å². The molecule has 0 saturated carbocycles. The summed E-state index contributed by atoms with van der Waals surface area (Å²) in [6.07, 6.45) is -7.32. The Bertz CT molecular complexity index is 518. The number of halogens is 3. The molecule has 1 rings (SSSR count). The molecule has 1 heterocycles. The van der Waals surface area contributed by atoms with E-state index in [1.807, 2.05) is 20.8 Å². The molecule has 1 aromatic rings. The number of aliphatic hydroxyl groups excluding tert-OH is 1. The Morgan fingerprint density at radius 3 is 2.33 bits per heavy atom. The van der Waals surface area contributed by atoms with Crippen LogP contribution in [-0.4, -0.2) is 51.6 Å². The van der Waals surface area contributed by atoms with Gasteiger partial charge in [0, 0.05) is 19.5 Å². The molecule has 0 spiro atoms. The number of rotatable bonds is 3. The van der Waals surface area contributed by atoms with E-state index in [4.69, 9.17) is 5.11 Å². The van der Waals surface area contributed by atoms with Crippen molar-refractivity contribution in [3.63, 3.8) is 0 Å². The van der Waals surface area contributed by atoms with Gasteiger partial charge >= 0.3 is 6.18 Å². The molecule has 1 amide bonds. The number of carbonyl (C=O) groups is 1. The summed E-state index contributed by atoms with van der Waals surface area (Å²) < 4.78 is 38.3. The van der Waals surface area contributed by atoms with Crippen LogP contribution in [0.5, 0.6) is 0 Å². The monoisotopic (exact) mass is 307 g/mol. The van der Waals surface area contributed by atoms with Gasteiger partial charge in [-0.1, -0.05) is 20.8 Å². The normalized spacial score (nSPS) is 14.1. The fourth-order valence-corrected chi connectivity index (χ4v) is 1.68. The average molecular weight is 307 g/mol. The van der Waals surface area contributed by atoms with E-state index < -0.39 is 24.7 Å². The molecular formula is C13H20F3N3O2.